The minimum atomic E-state index is -0.306. The van der Waals surface area contributed by atoms with Crippen LogP contribution >= 0.6 is 0 Å². The summed E-state index contributed by atoms with van der Waals surface area (Å²) in [7, 11) is 0. The molecule has 12 heavy (non-hydrogen) atoms. The molecule has 0 saturated heterocycles. The van der Waals surface area contributed by atoms with Gasteiger partial charge >= 0.3 is 5.97 Å². The molecule has 0 bridgehead atoms. The first kappa shape index (κ1) is 8.87. The number of hydrogen-bond acceptors (Lipinski definition) is 3. The van der Waals surface area contributed by atoms with E-state index in [0.29, 0.717) is 0 Å². The predicted molar refractivity (Wildman–Crippen MR) is 42.3 cm³/mol. The van der Waals surface area contributed by atoms with Gasteiger partial charge in [-0.2, -0.15) is 0 Å². The summed E-state index contributed by atoms with van der Waals surface area (Å²) in [6, 6.07) is -0.154. The Bertz CT molecular complexity index is 223. The number of ether oxygens (including phenoxy) is 1. The van der Waals surface area contributed by atoms with Gasteiger partial charge in [-0.05, 0) is 24.8 Å². The summed E-state index contributed by atoms with van der Waals surface area (Å²) in [5.74, 6) is -0.306. The van der Waals surface area contributed by atoms with E-state index in [2.05, 4.69) is 10.0 Å². The van der Waals surface area contributed by atoms with Crippen LogP contribution in [-0.4, -0.2) is 18.1 Å². The SMILES string of the molecule is CC(=O)O[C@@H]1CCC[C@H]1N=[N+]=[N-]. The summed E-state index contributed by atoms with van der Waals surface area (Å²) in [5.41, 5.74) is 8.20. The Morgan fingerprint density at radius 2 is 2.42 bits per heavy atom. The number of carbonyl (C=O) groups excluding carboxylic acids is 1. The first-order chi connectivity index (χ1) is 5.74. The predicted octanol–water partition coefficient (Wildman–Crippen LogP) is 1.78. The van der Waals surface area contributed by atoms with Crippen molar-refractivity contribution in [2.45, 2.75) is 38.3 Å². The van der Waals surface area contributed by atoms with Gasteiger partial charge in [0.05, 0.1) is 6.04 Å². The van der Waals surface area contributed by atoms with E-state index >= 15 is 0 Å². The van der Waals surface area contributed by atoms with Gasteiger partial charge in [0.25, 0.3) is 0 Å². The third-order valence-electron chi connectivity index (χ3n) is 1.93. The molecule has 0 aromatic rings. The van der Waals surface area contributed by atoms with E-state index in [1.165, 1.54) is 6.92 Å². The van der Waals surface area contributed by atoms with Gasteiger partial charge in [-0.25, -0.2) is 0 Å². The summed E-state index contributed by atoms with van der Waals surface area (Å²) in [6.45, 7) is 1.37. The molecule has 0 aromatic heterocycles. The maximum Gasteiger partial charge on any atom is 0.302 e. The van der Waals surface area contributed by atoms with Gasteiger partial charge in [-0.3, -0.25) is 4.79 Å². The van der Waals surface area contributed by atoms with Crippen molar-refractivity contribution < 1.29 is 9.53 Å². The van der Waals surface area contributed by atoms with Crippen LogP contribution < -0.4 is 0 Å². The van der Waals surface area contributed by atoms with Crippen molar-refractivity contribution in [3.63, 3.8) is 0 Å². The third kappa shape index (κ3) is 2.13. The van der Waals surface area contributed by atoms with Gasteiger partial charge in [-0.15, -0.1) is 0 Å². The molecule has 1 aliphatic carbocycles. The Hall–Kier alpha value is -1.22. The van der Waals surface area contributed by atoms with E-state index in [4.69, 9.17) is 10.3 Å². The van der Waals surface area contributed by atoms with Crippen molar-refractivity contribution >= 4 is 5.97 Å². The van der Waals surface area contributed by atoms with E-state index in [1.807, 2.05) is 0 Å². The quantitative estimate of drug-likeness (QED) is 0.273. The number of hydrogen-bond donors (Lipinski definition) is 0. The van der Waals surface area contributed by atoms with Crippen LogP contribution in [0.4, 0.5) is 0 Å². The van der Waals surface area contributed by atoms with Crippen molar-refractivity contribution in [3.05, 3.63) is 10.4 Å². The third-order valence-corrected chi connectivity index (χ3v) is 1.93. The molecule has 1 fully saturated rings. The zero-order valence-electron chi connectivity index (χ0n) is 6.93. The zero-order valence-corrected chi connectivity index (χ0v) is 6.93. The fraction of sp³-hybridized carbons (Fsp3) is 0.857. The highest BCUT2D eigenvalue weighted by molar-refractivity contribution is 5.66. The Morgan fingerprint density at radius 1 is 1.67 bits per heavy atom. The molecule has 5 nitrogen and oxygen atoms in total. The van der Waals surface area contributed by atoms with Crippen molar-refractivity contribution in [1.82, 2.24) is 0 Å². The molecule has 0 aromatic carbocycles. The van der Waals surface area contributed by atoms with Crippen LogP contribution in [0.5, 0.6) is 0 Å². The first-order valence-corrected chi connectivity index (χ1v) is 3.95. The molecule has 1 aliphatic rings. The van der Waals surface area contributed by atoms with E-state index in [-0.39, 0.29) is 18.1 Å². The average Bonchev–Trinajstić information content (AvgIpc) is 2.37. The number of esters is 1. The number of rotatable bonds is 2. The van der Waals surface area contributed by atoms with Gasteiger partial charge in [0.2, 0.25) is 0 Å². The molecule has 0 amide bonds. The molecule has 0 unspecified atom stereocenters. The van der Waals surface area contributed by atoms with E-state index in [9.17, 15) is 4.79 Å². The zero-order chi connectivity index (χ0) is 8.97. The molecule has 0 heterocycles. The molecule has 0 aliphatic heterocycles. The lowest BCUT2D eigenvalue weighted by Gasteiger charge is -2.13. The molecule has 1 rings (SSSR count). The maximum atomic E-state index is 10.6. The molecular weight excluding hydrogens is 158 g/mol. The lowest BCUT2D eigenvalue weighted by atomic mass is 10.2. The first-order valence-electron chi connectivity index (χ1n) is 3.95. The lowest BCUT2D eigenvalue weighted by molar-refractivity contribution is -0.146. The second-order valence-electron chi connectivity index (χ2n) is 2.85. The van der Waals surface area contributed by atoms with Gasteiger partial charge < -0.3 is 4.74 Å². The summed E-state index contributed by atoms with van der Waals surface area (Å²) >= 11 is 0. The summed E-state index contributed by atoms with van der Waals surface area (Å²) in [4.78, 5) is 13.3. The molecule has 2 atom stereocenters. The highest BCUT2D eigenvalue weighted by Gasteiger charge is 2.28. The van der Waals surface area contributed by atoms with E-state index in [1.54, 1.807) is 0 Å². The smallest absolute Gasteiger partial charge is 0.302 e. The number of carbonyl (C=O) groups is 1. The van der Waals surface area contributed by atoms with Crippen LogP contribution in [0.2, 0.25) is 0 Å². The maximum absolute atomic E-state index is 10.6. The number of nitrogens with zero attached hydrogens (tertiary/aromatic N) is 3. The molecule has 0 radical (unpaired) electrons. The topological polar surface area (TPSA) is 75.1 Å². The van der Waals surface area contributed by atoms with Crippen molar-refractivity contribution in [2.75, 3.05) is 0 Å². The highest BCUT2D eigenvalue weighted by atomic mass is 16.5. The Labute approximate surface area is 70.3 Å². The minimum Gasteiger partial charge on any atom is -0.462 e. The molecule has 0 N–H and O–H groups in total. The molecule has 66 valence electrons. The number of azide groups is 1. The summed E-state index contributed by atoms with van der Waals surface area (Å²) in [5, 5.41) is 3.56. The van der Waals surface area contributed by atoms with E-state index < -0.39 is 0 Å². The Kier molecular flexibility index (Phi) is 2.94. The monoisotopic (exact) mass is 169 g/mol. The molecule has 5 heteroatoms. The summed E-state index contributed by atoms with van der Waals surface area (Å²) in [6.07, 6.45) is 2.39. The highest BCUT2D eigenvalue weighted by Crippen LogP contribution is 2.24. The Balaban J connectivity index is 2.51. The van der Waals surface area contributed by atoms with Crippen LogP contribution in [0.3, 0.4) is 0 Å². The molecule has 0 spiro atoms. The standard InChI is InChI=1S/C7H11N3O2/c1-5(11)12-7-4-2-3-6(7)9-10-8/h6-7H,2-4H2,1H3/t6-,7-/m1/s1. The van der Waals surface area contributed by atoms with E-state index in [0.717, 1.165) is 19.3 Å². The van der Waals surface area contributed by atoms with Gasteiger partial charge in [0, 0.05) is 11.8 Å². The van der Waals surface area contributed by atoms with Crippen molar-refractivity contribution in [1.29, 1.82) is 0 Å². The average molecular weight is 169 g/mol. The van der Waals surface area contributed by atoms with Crippen molar-refractivity contribution in [2.24, 2.45) is 5.11 Å². The fourth-order valence-electron chi connectivity index (χ4n) is 1.46. The molecule has 1 saturated carbocycles. The van der Waals surface area contributed by atoms with Crippen LogP contribution in [-0.2, 0) is 9.53 Å². The minimum absolute atomic E-state index is 0.154. The molecular formula is C7H11N3O2. The second kappa shape index (κ2) is 3.97. The van der Waals surface area contributed by atoms with Gasteiger partial charge in [0.1, 0.15) is 6.10 Å². The second-order valence-corrected chi connectivity index (χ2v) is 2.85. The van der Waals surface area contributed by atoms with Gasteiger partial charge in [0.15, 0.2) is 0 Å². The van der Waals surface area contributed by atoms with Crippen LogP contribution in [0.25, 0.3) is 10.4 Å². The summed E-state index contributed by atoms with van der Waals surface area (Å²) < 4.78 is 4.97. The normalized spacial score (nSPS) is 27.8. The van der Waals surface area contributed by atoms with Crippen LogP contribution in [0.15, 0.2) is 5.11 Å². The fourth-order valence-corrected chi connectivity index (χ4v) is 1.46. The lowest BCUT2D eigenvalue weighted by Crippen LogP contribution is -2.23. The van der Waals surface area contributed by atoms with Crippen molar-refractivity contribution in [3.8, 4) is 0 Å². The van der Waals surface area contributed by atoms with Crippen LogP contribution in [0.1, 0.15) is 26.2 Å². The van der Waals surface area contributed by atoms with Gasteiger partial charge in [-0.1, -0.05) is 5.11 Å². The largest absolute Gasteiger partial charge is 0.462 e. The van der Waals surface area contributed by atoms with Crippen LogP contribution in [0, 0.1) is 0 Å². The Morgan fingerprint density at radius 3 is 3.00 bits per heavy atom.